The number of benzene rings is 2. The third-order valence-electron chi connectivity index (χ3n) is 7.70. The highest BCUT2D eigenvalue weighted by Crippen LogP contribution is 2.51. The Labute approximate surface area is 230 Å². The Kier molecular flexibility index (Phi) is 13.2. The van der Waals surface area contributed by atoms with E-state index in [0.29, 0.717) is 5.92 Å². The molecule has 206 valence electrons. The average Bonchev–Trinajstić information content (AvgIpc) is 3.12. The van der Waals surface area contributed by atoms with Crippen LogP contribution in [-0.4, -0.2) is 29.5 Å². The Bertz CT molecular complexity index is 1100. The lowest BCUT2D eigenvalue weighted by atomic mass is 9.58. The Hall–Kier alpha value is -2.98. The molecule has 4 heteroatoms. The van der Waals surface area contributed by atoms with Gasteiger partial charge in [0.2, 0.25) is 0 Å². The first-order chi connectivity index (χ1) is 18.6. The molecule has 4 nitrogen and oxygen atoms in total. The monoisotopic (exact) mass is 516 g/mol. The molecule has 5 rings (SSSR count). The number of aldehydes is 1. The van der Waals surface area contributed by atoms with E-state index in [1.165, 1.54) is 16.7 Å². The van der Waals surface area contributed by atoms with Crippen LogP contribution >= 0.6 is 0 Å². The quantitative estimate of drug-likeness (QED) is 0.345. The van der Waals surface area contributed by atoms with E-state index in [1.807, 2.05) is 59.9 Å². The van der Waals surface area contributed by atoms with Gasteiger partial charge in [0, 0.05) is 24.2 Å². The maximum absolute atomic E-state index is 11.2. The molecule has 3 atom stereocenters. The van der Waals surface area contributed by atoms with E-state index in [2.05, 4.69) is 52.8 Å². The standard InChI is InChI=1S/C23H26O2.C7H10N2.2C2H6/c24-16-18-9-10-22-19(13-18)7-4-8-20-14-21(25)11-12-23(20,22)15-17-5-2-1-3-6-17;1-6-7(8-2)4-3-5-9-6;2*1-2/h1-3,5-6,9-10,13,16,20-21,25H,4,7-8,11-12,14-15H2;3-5,8H,1-2H3;2*1-2H3. The summed E-state index contributed by atoms with van der Waals surface area (Å²) in [5.41, 5.74) is 7.15. The zero-order valence-electron chi connectivity index (χ0n) is 24.3. The van der Waals surface area contributed by atoms with Crippen molar-refractivity contribution < 1.29 is 9.90 Å². The summed E-state index contributed by atoms with van der Waals surface area (Å²) in [6.07, 6.45) is 9.76. The number of carbonyl (C=O) groups excluding carboxylic acids is 1. The van der Waals surface area contributed by atoms with Gasteiger partial charge in [-0.25, -0.2) is 0 Å². The summed E-state index contributed by atoms with van der Waals surface area (Å²) in [6.45, 7) is 9.98. The molecular formula is C34H48N2O2. The number of aliphatic hydroxyl groups is 1. The van der Waals surface area contributed by atoms with Gasteiger partial charge in [-0.15, -0.1) is 0 Å². The Balaban J connectivity index is 0.000000328. The van der Waals surface area contributed by atoms with Gasteiger partial charge in [-0.2, -0.15) is 0 Å². The average molecular weight is 517 g/mol. The molecular weight excluding hydrogens is 468 g/mol. The van der Waals surface area contributed by atoms with Gasteiger partial charge in [-0.1, -0.05) is 70.2 Å². The predicted molar refractivity (Wildman–Crippen MR) is 161 cm³/mol. The third kappa shape index (κ3) is 7.77. The number of rotatable bonds is 4. The van der Waals surface area contributed by atoms with E-state index in [1.54, 1.807) is 6.20 Å². The number of aliphatic hydroxyl groups excluding tert-OH is 1. The fourth-order valence-electron chi connectivity index (χ4n) is 6.00. The lowest BCUT2D eigenvalue weighted by molar-refractivity contribution is 0.0468. The molecule has 0 spiro atoms. The molecule has 1 fully saturated rings. The summed E-state index contributed by atoms with van der Waals surface area (Å²) in [5.74, 6) is 0.514. The largest absolute Gasteiger partial charge is 0.393 e. The Morgan fingerprint density at radius 1 is 1.03 bits per heavy atom. The van der Waals surface area contributed by atoms with Gasteiger partial charge < -0.3 is 10.4 Å². The molecule has 3 unspecified atom stereocenters. The summed E-state index contributed by atoms with van der Waals surface area (Å²) in [4.78, 5) is 15.3. The van der Waals surface area contributed by atoms with Crippen molar-refractivity contribution >= 4 is 12.0 Å². The molecule has 1 saturated carbocycles. The minimum Gasteiger partial charge on any atom is -0.393 e. The van der Waals surface area contributed by atoms with Crippen LogP contribution in [0.1, 0.15) is 92.5 Å². The highest BCUT2D eigenvalue weighted by atomic mass is 16.3. The van der Waals surface area contributed by atoms with E-state index in [0.717, 1.165) is 68.2 Å². The van der Waals surface area contributed by atoms with Gasteiger partial charge in [0.05, 0.1) is 17.5 Å². The van der Waals surface area contributed by atoms with E-state index in [4.69, 9.17) is 0 Å². The predicted octanol–water partition coefficient (Wildman–Crippen LogP) is 7.96. The summed E-state index contributed by atoms with van der Waals surface area (Å²) < 4.78 is 0. The van der Waals surface area contributed by atoms with Gasteiger partial charge in [-0.05, 0) is 92.7 Å². The van der Waals surface area contributed by atoms with Gasteiger partial charge in [0.25, 0.3) is 0 Å². The van der Waals surface area contributed by atoms with Gasteiger partial charge >= 0.3 is 0 Å². The smallest absolute Gasteiger partial charge is 0.150 e. The molecule has 2 N–H and O–H groups in total. The van der Waals surface area contributed by atoms with Crippen molar-refractivity contribution in [3.8, 4) is 0 Å². The van der Waals surface area contributed by atoms with E-state index >= 15 is 0 Å². The Morgan fingerprint density at radius 3 is 2.39 bits per heavy atom. The van der Waals surface area contributed by atoms with Crippen LogP contribution in [0.5, 0.6) is 0 Å². The molecule has 0 bridgehead atoms. The maximum atomic E-state index is 11.2. The van der Waals surface area contributed by atoms with Gasteiger partial charge in [0.15, 0.2) is 0 Å². The van der Waals surface area contributed by atoms with Crippen LogP contribution in [0.2, 0.25) is 0 Å². The fourth-order valence-corrected chi connectivity index (χ4v) is 6.00. The van der Waals surface area contributed by atoms with Crippen LogP contribution < -0.4 is 5.32 Å². The van der Waals surface area contributed by atoms with Crippen molar-refractivity contribution in [3.63, 3.8) is 0 Å². The zero-order valence-corrected chi connectivity index (χ0v) is 24.3. The van der Waals surface area contributed by atoms with Gasteiger partial charge in [-0.3, -0.25) is 9.78 Å². The first-order valence-electron chi connectivity index (χ1n) is 14.5. The molecule has 1 aromatic heterocycles. The third-order valence-corrected chi connectivity index (χ3v) is 7.70. The maximum Gasteiger partial charge on any atom is 0.150 e. The summed E-state index contributed by atoms with van der Waals surface area (Å²) >= 11 is 0. The van der Waals surface area contributed by atoms with Crippen LogP contribution in [0, 0.1) is 12.8 Å². The molecule has 1 heterocycles. The molecule has 0 radical (unpaired) electrons. The van der Waals surface area contributed by atoms with Crippen molar-refractivity contribution in [2.75, 3.05) is 12.4 Å². The number of carbonyl (C=O) groups is 1. The highest BCUT2D eigenvalue weighted by molar-refractivity contribution is 5.75. The molecule has 2 aliphatic carbocycles. The molecule has 3 aromatic rings. The molecule has 2 aromatic carbocycles. The van der Waals surface area contributed by atoms with Crippen molar-refractivity contribution in [2.45, 2.75) is 91.1 Å². The van der Waals surface area contributed by atoms with Crippen LogP contribution in [0.4, 0.5) is 5.69 Å². The second-order valence-electron chi connectivity index (χ2n) is 9.76. The summed E-state index contributed by atoms with van der Waals surface area (Å²) in [6, 6.07) is 21.0. The number of anilines is 1. The fraction of sp³-hybridized carbons (Fsp3) is 0.471. The van der Waals surface area contributed by atoms with E-state index < -0.39 is 0 Å². The first-order valence-corrected chi connectivity index (χ1v) is 14.5. The van der Waals surface area contributed by atoms with Crippen molar-refractivity contribution in [2.24, 2.45) is 5.92 Å². The SMILES string of the molecule is CC.CC.CNc1cccnc1C.O=Cc1ccc2c(c1)CCCC1CC(O)CCC21Cc1ccccc1. The number of aryl methyl sites for hydroxylation is 2. The number of fused-ring (bicyclic) bond motifs is 3. The minimum absolute atomic E-state index is 0.0911. The number of nitrogens with one attached hydrogen (secondary N) is 1. The number of hydrogen-bond donors (Lipinski definition) is 2. The lowest BCUT2D eigenvalue weighted by Crippen LogP contribution is -2.43. The van der Waals surface area contributed by atoms with E-state index in [9.17, 15) is 9.90 Å². The van der Waals surface area contributed by atoms with E-state index in [-0.39, 0.29) is 11.5 Å². The Morgan fingerprint density at radius 2 is 1.76 bits per heavy atom. The molecule has 0 saturated heterocycles. The topological polar surface area (TPSA) is 62.2 Å². The van der Waals surface area contributed by atoms with Crippen LogP contribution in [0.15, 0.2) is 66.9 Å². The zero-order chi connectivity index (χ0) is 28.0. The number of pyridine rings is 1. The minimum atomic E-state index is -0.162. The summed E-state index contributed by atoms with van der Waals surface area (Å²) in [7, 11) is 1.89. The summed E-state index contributed by atoms with van der Waals surface area (Å²) in [5, 5.41) is 13.3. The highest BCUT2D eigenvalue weighted by Gasteiger charge is 2.46. The lowest BCUT2D eigenvalue weighted by Gasteiger charge is -2.46. The van der Waals surface area contributed by atoms with Gasteiger partial charge in [0.1, 0.15) is 6.29 Å². The van der Waals surface area contributed by atoms with Crippen molar-refractivity contribution in [1.82, 2.24) is 4.98 Å². The van der Waals surface area contributed by atoms with Crippen molar-refractivity contribution in [1.29, 1.82) is 0 Å². The molecule has 0 amide bonds. The normalized spacial score (nSPS) is 21.2. The van der Waals surface area contributed by atoms with Crippen molar-refractivity contribution in [3.05, 3.63) is 94.8 Å². The molecule has 2 aliphatic rings. The molecule has 0 aliphatic heterocycles. The van der Waals surface area contributed by atoms with Crippen LogP contribution in [-0.2, 0) is 18.3 Å². The van der Waals surface area contributed by atoms with Crippen LogP contribution in [0.25, 0.3) is 0 Å². The second kappa shape index (κ2) is 16.1. The number of hydrogen-bond acceptors (Lipinski definition) is 4. The van der Waals surface area contributed by atoms with Crippen LogP contribution in [0.3, 0.4) is 0 Å². The molecule has 38 heavy (non-hydrogen) atoms. The first kappa shape index (κ1) is 31.2. The second-order valence-corrected chi connectivity index (χ2v) is 9.76. The number of aromatic nitrogens is 1. The number of nitrogens with zero attached hydrogens (tertiary/aromatic N) is 1.